The molecule has 1 aromatic heterocycles. The molecule has 1 amide bonds. The predicted octanol–water partition coefficient (Wildman–Crippen LogP) is 5.83. The molecular formula is C27H19ClN2O2. The maximum Gasteiger partial charge on any atom is 0.249 e. The third-order valence-electron chi connectivity index (χ3n) is 5.68. The number of hydrogen-bond donors (Lipinski definition) is 1. The summed E-state index contributed by atoms with van der Waals surface area (Å²) in [6.45, 7) is 0.512. The molecule has 0 saturated carbocycles. The second-order valence-corrected chi connectivity index (χ2v) is 8.14. The number of amides is 1. The molecule has 0 bridgehead atoms. The third-order valence-corrected chi connectivity index (χ3v) is 5.92. The SMILES string of the molecule is NC(=O)c1cccc2c1c1ccc(Cl)cc1n2Cc1cccc(C(=O)c2ccccc2)c1. The van der Waals surface area contributed by atoms with Crippen molar-refractivity contribution in [2.75, 3.05) is 0 Å². The number of primary amides is 1. The van der Waals surface area contributed by atoms with Gasteiger partial charge in [-0.3, -0.25) is 9.59 Å². The molecule has 0 fully saturated rings. The topological polar surface area (TPSA) is 65.1 Å². The third kappa shape index (κ3) is 3.45. The minimum absolute atomic E-state index is 0.0197. The zero-order chi connectivity index (χ0) is 22.2. The number of rotatable bonds is 5. The van der Waals surface area contributed by atoms with Gasteiger partial charge in [0, 0.05) is 39.0 Å². The Kier molecular flexibility index (Phi) is 5.00. The Morgan fingerprint density at radius 3 is 2.31 bits per heavy atom. The Bertz CT molecular complexity index is 1500. The number of carbonyl (C=O) groups is 2. The summed E-state index contributed by atoms with van der Waals surface area (Å²) in [6.07, 6.45) is 0. The molecule has 4 aromatic carbocycles. The number of nitrogens with two attached hydrogens (primary N) is 1. The highest BCUT2D eigenvalue weighted by atomic mass is 35.5. The van der Waals surface area contributed by atoms with Crippen LogP contribution < -0.4 is 5.73 Å². The van der Waals surface area contributed by atoms with E-state index in [0.717, 1.165) is 27.4 Å². The van der Waals surface area contributed by atoms with E-state index in [4.69, 9.17) is 17.3 Å². The normalized spacial score (nSPS) is 11.2. The summed E-state index contributed by atoms with van der Waals surface area (Å²) >= 11 is 6.31. The monoisotopic (exact) mass is 438 g/mol. The smallest absolute Gasteiger partial charge is 0.249 e. The summed E-state index contributed by atoms with van der Waals surface area (Å²) in [7, 11) is 0. The fourth-order valence-electron chi connectivity index (χ4n) is 4.24. The van der Waals surface area contributed by atoms with Gasteiger partial charge >= 0.3 is 0 Å². The van der Waals surface area contributed by atoms with Crippen molar-refractivity contribution in [1.29, 1.82) is 0 Å². The van der Waals surface area contributed by atoms with Crippen molar-refractivity contribution in [2.45, 2.75) is 6.54 Å². The van der Waals surface area contributed by atoms with Gasteiger partial charge in [0.2, 0.25) is 5.91 Å². The van der Waals surface area contributed by atoms with Crippen molar-refractivity contribution in [3.05, 3.63) is 118 Å². The number of benzene rings is 4. The van der Waals surface area contributed by atoms with Crippen LogP contribution in [0.15, 0.2) is 91.0 Å². The zero-order valence-electron chi connectivity index (χ0n) is 17.1. The van der Waals surface area contributed by atoms with Crippen molar-refractivity contribution < 1.29 is 9.59 Å². The Balaban J connectivity index is 1.65. The van der Waals surface area contributed by atoms with Gasteiger partial charge in [-0.05, 0) is 35.9 Å². The van der Waals surface area contributed by atoms with Crippen LogP contribution in [0.2, 0.25) is 5.02 Å². The van der Waals surface area contributed by atoms with E-state index in [0.29, 0.717) is 28.3 Å². The quantitative estimate of drug-likeness (QED) is 0.351. The lowest BCUT2D eigenvalue weighted by Crippen LogP contribution is -2.11. The Hall–Kier alpha value is -3.89. The maximum atomic E-state index is 12.9. The number of ketones is 1. The van der Waals surface area contributed by atoms with Crippen LogP contribution in [-0.2, 0) is 6.54 Å². The van der Waals surface area contributed by atoms with E-state index in [1.54, 1.807) is 6.07 Å². The summed E-state index contributed by atoms with van der Waals surface area (Å²) < 4.78 is 2.11. The van der Waals surface area contributed by atoms with Gasteiger partial charge in [0.25, 0.3) is 0 Å². The second kappa shape index (κ2) is 7.98. The molecule has 156 valence electrons. The fourth-order valence-corrected chi connectivity index (χ4v) is 4.41. The van der Waals surface area contributed by atoms with Crippen LogP contribution in [-0.4, -0.2) is 16.3 Å². The molecule has 0 aliphatic rings. The lowest BCUT2D eigenvalue weighted by molar-refractivity contribution is 0.1000. The van der Waals surface area contributed by atoms with E-state index >= 15 is 0 Å². The molecule has 2 N–H and O–H groups in total. The molecule has 0 atom stereocenters. The van der Waals surface area contributed by atoms with Crippen LogP contribution in [0.3, 0.4) is 0 Å². The van der Waals surface area contributed by atoms with E-state index in [1.165, 1.54) is 0 Å². The average Bonchev–Trinajstić information content (AvgIpc) is 3.12. The van der Waals surface area contributed by atoms with Gasteiger partial charge in [-0.1, -0.05) is 72.3 Å². The number of fused-ring (bicyclic) bond motifs is 3. The first-order valence-electron chi connectivity index (χ1n) is 10.2. The summed E-state index contributed by atoms with van der Waals surface area (Å²) in [5.74, 6) is -0.492. The van der Waals surface area contributed by atoms with Crippen LogP contribution in [0, 0.1) is 0 Å². The lowest BCUT2D eigenvalue weighted by Gasteiger charge is -2.10. The Labute approximate surface area is 189 Å². The largest absolute Gasteiger partial charge is 0.366 e. The highest BCUT2D eigenvalue weighted by molar-refractivity contribution is 6.32. The molecule has 32 heavy (non-hydrogen) atoms. The molecule has 5 aromatic rings. The molecule has 1 heterocycles. The van der Waals surface area contributed by atoms with E-state index in [1.807, 2.05) is 84.9 Å². The minimum Gasteiger partial charge on any atom is -0.366 e. The van der Waals surface area contributed by atoms with Gasteiger partial charge in [-0.15, -0.1) is 0 Å². The molecule has 4 nitrogen and oxygen atoms in total. The predicted molar refractivity (Wildman–Crippen MR) is 128 cm³/mol. The number of halogens is 1. The van der Waals surface area contributed by atoms with E-state index in [-0.39, 0.29) is 5.78 Å². The van der Waals surface area contributed by atoms with Gasteiger partial charge in [0.15, 0.2) is 5.78 Å². The average molecular weight is 439 g/mol. The number of carbonyl (C=O) groups excluding carboxylic acids is 2. The van der Waals surface area contributed by atoms with Gasteiger partial charge < -0.3 is 10.3 Å². The van der Waals surface area contributed by atoms with E-state index in [2.05, 4.69) is 4.57 Å². The van der Waals surface area contributed by atoms with Gasteiger partial charge in [-0.2, -0.15) is 0 Å². The highest BCUT2D eigenvalue weighted by Crippen LogP contribution is 2.34. The first-order valence-corrected chi connectivity index (χ1v) is 10.6. The molecule has 0 saturated heterocycles. The van der Waals surface area contributed by atoms with Crippen LogP contribution in [0.5, 0.6) is 0 Å². The second-order valence-electron chi connectivity index (χ2n) is 7.71. The summed E-state index contributed by atoms with van der Waals surface area (Å²) in [6, 6.07) is 28.0. The van der Waals surface area contributed by atoms with Crippen LogP contribution in [0.25, 0.3) is 21.8 Å². The molecule has 5 heteroatoms. The first-order chi connectivity index (χ1) is 15.5. The summed E-state index contributed by atoms with van der Waals surface area (Å²) in [5, 5.41) is 2.33. The number of nitrogens with zero attached hydrogens (tertiary/aromatic N) is 1. The highest BCUT2D eigenvalue weighted by Gasteiger charge is 2.17. The molecule has 0 spiro atoms. The summed E-state index contributed by atoms with van der Waals surface area (Å²) in [4.78, 5) is 25.0. The van der Waals surface area contributed by atoms with E-state index < -0.39 is 5.91 Å². The van der Waals surface area contributed by atoms with Crippen LogP contribution in [0.1, 0.15) is 31.8 Å². The Morgan fingerprint density at radius 2 is 1.53 bits per heavy atom. The molecule has 5 rings (SSSR count). The zero-order valence-corrected chi connectivity index (χ0v) is 17.8. The first kappa shape index (κ1) is 20.0. The Morgan fingerprint density at radius 1 is 0.781 bits per heavy atom. The van der Waals surface area contributed by atoms with Crippen molar-refractivity contribution in [1.82, 2.24) is 4.57 Å². The van der Waals surface area contributed by atoms with Crippen LogP contribution >= 0.6 is 11.6 Å². The number of hydrogen-bond acceptors (Lipinski definition) is 2. The van der Waals surface area contributed by atoms with E-state index in [9.17, 15) is 9.59 Å². The van der Waals surface area contributed by atoms with Crippen molar-refractivity contribution in [3.63, 3.8) is 0 Å². The minimum atomic E-state index is -0.472. The molecular weight excluding hydrogens is 420 g/mol. The summed E-state index contributed by atoms with van der Waals surface area (Å²) in [5.41, 5.74) is 10.2. The van der Waals surface area contributed by atoms with Crippen LogP contribution in [0.4, 0.5) is 0 Å². The van der Waals surface area contributed by atoms with Gasteiger partial charge in [0.05, 0.1) is 11.0 Å². The molecule has 0 aliphatic heterocycles. The van der Waals surface area contributed by atoms with Gasteiger partial charge in [-0.25, -0.2) is 0 Å². The van der Waals surface area contributed by atoms with Crippen molar-refractivity contribution in [2.24, 2.45) is 5.73 Å². The van der Waals surface area contributed by atoms with Crippen molar-refractivity contribution in [3.8, 4) is 0 Å². The molecule has 0 radical (unpaired) electrons. The fraction of sp³-hybridized carbons (Fsp3) is 0.0370. The van der Waals surface area contributed by atoms with Crippen molar-refractivity contribution >= 4 is 45.1 Å². The lowest BCUT2D eigenvalue weighted by atomic mass is 10.0. The van der Waals surface area contributed by atoms with Gasteiger partial charge in [0.1, 0.15) is 0 Å². The molecule has 0 unspecified atom stereocenters. The molecule has 0 aliphatic carbocycles. The standard InChI is InChI=1S/C27H19ClN2O2/c28-20-12-13-21-24(15-20)30(23-11-5-10-22(25(21)23)27(29)32)16-17-6-4-9-19(14-17)26(31)18-7-2-1-3-8-18/h1-15H,16H2,(H2,29,32). The maximum absolute atomic E-state index is 12.9. The number of aromatic nitrogens is 1.